The third kappa shape index (κ3) is 3.87. The number of anilines is 1. The molecule has 1 saturated carbocycles. The summed E-state index contributed by atoms with van der Waals surface area (Å²) in [5.41, 5.74) is 0.516. The molecule has 0 saturated heterocycles. The average Bonchev–Trinajstić information content (AvgIpc) is 2.69. The molecule has 1 aromatic rings. The number of rotatable bonds is 3. The van der Waals surface area contributed by atoms with Gasteiger partial charge in [-0.3, -0.25) is 4.79 Å². The van der Waals surface area contributed by atoms with Gasteiger partial charge in [-0.25, -0.2) is 4.39 Å². The molecular weight excluding hydrogens is 249 g/mol. The molecule has 0 spiro atoms. The summed E-state index contributed by atoms with van der Waals surface area (Å²) in [6, 6.07) is 5.49. The van der Waals surface area contributed by atoms with Crippen molar-refractivity contribution in [3.05, 3.63) is 42.2 Å². The molecule has 1 aromatic carbocycles. The minimum absolute atomic E-state index is 0.00367. The predicted octanol–water partition coefficient (Wildman–Crippen LogP) is 1.45. The van der Waals surface area contributed by atoms with Gasteiger partial charge in [-0.2, -0.15) is 0 Å². The van der Waals surface area contributed by atoms with Gasteiger partial charge in [0.1, 0.15) is 5.82 Å². The SMILES string of the molecule is O=C(/C=C/C1C[C@@H](O)[C@@H](O)C1)Nc1ccc(F)cc1. The Bertz CT molecular complexity index is 462. The molecule has 0 aromatic heterocycles. The van der Waals surface area contributed by atoms with Gasteiger partial charge in [0.05, 0.1) is 12.2 Å². The first-order chi connectivity index (χ1) is 9.04. The average molecular weight is 265 g/mol. The molecule has 1 aliphatic carbocycles. The summed E-state index contributed by atoms with van der Waals surface area (Å²) in [5.74, 6) is -0.672. The summed E-state index contributed by atoms with van der Waals surface area (Å²) < 4.78 is 12.7. The first-order valence-electron chi connectivity index (χ1n) is 6.15. The summed E-state index contributed by atoms with van der Waals surface area (Å²) in [7, 11) is 0. The molecule has 1 unspecified atom stereocenters. The molecule has 3 atom stereocenters. The van der Waals surface area contributed by atoms with Crippen LogP contribution >= 0.6 is 0 Å². The van der Waals surface area contributed by atoms with Crippen molar-refractivity contribution in [1.29, 1.82) is 0 Å². The maximum absolute atomic E-state index is 12.7. The van der Waals surface area contributed by atoms with Crippen LogP contribution in [0, 0.1) is 11.7 Å². The summed E-state index contributed by atoms with van der Waals surface area (Å²) in [5, 5.41) is 21.3. The Labute approximate surface area is 110 Å². The third-order valence-corrected chi connectivity index (χ3v) is 3.16. The van der Waals surface area contributed by atoms with Gasteiger partial charge in [0, 0.05) is 5.69 Å². The molecular formula is C14H16FNO3. The van der Waals surface area contributed by atoms with Crippen LogP contribution in [-0.2, 0) is 4.79 Å². The zero-order chi connectivity index (χ0) is 13.8. The van der Waals surface area contributed by atoms with Crippen LogP contribution in [0.4, 0.5) is 10.1 Å². The summed E-state index contributed by atoms with van der Waals surface area (Å²) in [4.78, 5) is 11.6. The van der Waals surface area contributed by atoms with Crippen molar-refractivity contribution in [2.45, 2.75) is 25.0 Å². The van der Waals surface area contributed by atoms with Crippen molar-refractivity contribution in [2.75, 3.05) is 5.32 Å². The Balaban J connectivity index is 1.86. The molecule has 4 nitrogen and oxygen atoms in total. The number of hydrogen-bond donors (Lipinski definition) is 3. The topological polar surface area (TPSA) is 69.6 Å². The molecule has 0 bridgehead atoms. The fourth-order valence-electron chi connectivity index (χ4n) is 2.13. The van der Waals surface area contributed by atoms with Crippen LogP contribution in [0.3, 0.4) is 0 Å². The Morgan fingerprint density at radius 3 is 2.37 bits per heavy atom. The first-order valence-corrected chi connectivity index (χ1v) is 6.15. The lowest BCUT2D eigenvalue weighted by Crippen LogP contribution is -2.17. The second kappa shape index (κ2) is 5.95. The largest absolute Gasteiger partial charge is 0.390 e. The van der Waals surface area contributed by atoms with E-state index in [0.717, 1.165) is 0 Å². The van der Waals surface area contributed by atoms with Crippen LogP contribution in [0.15, 0.2) is 36.4 Å². The Hall–Kier alpha value is -1.72. The minimum Gasteiger partial charge on any atom is -0.390 e. The summed E-state index contributed by atoms with van der Waals surface area (Å²) in [6.45, 7) is 0. The Kier molecular flexibility index (Phi) is 4.29. The number of hydrogen-bond acceptors (Lipinski definition) is 3. The molecule has 1 aliphatic rings. The van der Waals surface area contributed by atoms with Crippen molar-refractivity contribution in [1.82, 2.24) is 0 Å². The van der Waals surface area contributed by atoms with E-state index in [1.165, 1.54) is 30.3 Å². The quantitative estimate of drug-likeness (QED) is 0.724. The van der Waals surface area contributed by atoms with Gasteiger partial charge < -0.3 is 15.5 Å². The van der Waals surface area contributed by atoms with Gasteiger partial charge in [0.25, 0.3) is 0 Å². The number of nitrogens with one attached hydrogen (secondary N) is 1. The lowest BCUT2D eigenvalue weighted by molar-refractivity contribution is -0.111. The van der Waals surface area contributed by atoms with Gasteiger partial charge >= 0.3 is 0 Å². The number of halogens is 1. The van der Waals surface area contributed by atoms with Crippen molar-refractivity contribution in [3.63, 3.8) is 0 Å². The van der Waals surface area contributed by atoms with Crippen LogP contribution in [-0.4, -0.2) is 28.3 Å². The standard InChI is InChI=1S/C14H16FNO3/c15-10-2-4-11(5-3-10)16-14(19)6-1-9-7-12(17)13(18)8-9/h1-6,9,12-13,17-18H,7-8H2,(H,16,19)/b6-1+/t9?,12-,13+. The van der Waals surface area contributed by atoms with Crippen LogP contribution in [0.2, 0.25) is 0 Å². The van der Waals surface area contributed by atoms with Crippen LogP contribution < -0.4 is 5.32 Å². The number of benzene rings is 1. The molecule has 0 aliphatic heterocycles. The molecule has 2 rings (SSSR count). The van der Waals surface area contributed by atoms with Gasteiger partial charge in [-0.15, -0.1) is 0 Å². The zero-order valence-electron chi connectivity index (χ0n) is 10.3. The van der Waals surface area contributed by atoms with Crippen LogP contribution in [0.1, 0.15) is 12.8 Å². The van der Waals surface area contributed by atoms with Gasteiger partial charge in [-0.05, 0) is 49.1 Å². The van der Waals surface area contributed by atoms with E-state index in [0.29, 0.717) is 18.5 Å². The van der Waals surface area contributed by atoms with Crippen molar-refractivity contribution in [3.8, 4) is 0 Å². The van der Waals surface area contributed by atoms with Crippen LogP contribution in [0.5, 0.6) is 0 Å². The maximum atomic E-state index is 12.7. The molecule has 3 N–H and O–H groups in total. The molecule has 1 amide bonds. The first kappa shape index (κ1) is 13.7. The number of amides is 1. The van der Waals surface area contributed by atoms with Crippen molar-refractivity contribution in [2.24, 2.45) is 5.92 Å². The van der Waals surface area contributed by atoms with E-state index in [2.05, 4.69) is 5.32 Å². The molecule has 0 heterocycles. The third-order valence-electron chi connectivity index (χ3n) is 3.16. The van der Waals surface area contributed by atoms with Gasteiger partial charge in [0.15, 0.2) is 0 Å². The van der Waals surface area contributed by atoms with Crippen molar-refractivity contribution < 1.29 is 19.4 Å². The highest BCUT2D eigenvalue weighted by Gasteiger charge is 2.29. The molecule has 5 heteroatoms. The lowest BCUT2D eigenvalue weighted by atomic mass is 10.1. The fourth-order valence-corrected chi connectivity index (χ4v) is 2.13. The van der Waals surface area contributed by atoms with E-state index < -0.39 is 12.2 Å². The maximum Gasteiger partial charge on any atom is 0.248 e. The van der Waals surface area contributed by atoms with Crippen LogP contribution in [0.25, 0.3) is 0 Å². The number of carbonyl (C=O) groups is 1. The van der Waals surface area contributed by atoms with E-state index in [1.54, 1.807) is 6.08 Å². The van der Waals surface area contributed by atoms with E-state index in [1.807, 2.05) is 0 Å². The minimum atomic E-state index is -0.713. The molecule has 102 valence electrons. The zero-order valence-corrected chi connectivity index (χ0v) is 10.3. The highest BCUT2D eigenvalue weighted by Crippen LogP contribution is 2.26. The van der Waals surface area contributed by atoms with E-state index >= 15 is 0 Å². The number of carbonyl (C=O) groups excluding carboxylic acids is 1. The molecule has 0 radical (unpaired) electrons. The number of allylic oxidation sites excluding steroid dienone is 1. The molecule has 19 heavy (non-hydrogen) atoms. The summed E-state index contributed by atoms with van der Waals surface area (Å²) >= 11 is 0. The van der Waals surface area contributed by atoms with Crippen molar-refractivity contribution >= 4 is 11.6 Å². The Morgan fingerprint density at radius 2 is 1.79 bits per heavy atom. The Morgan fingerprint density at radius 1 is 1.21 bits per heavy atom. The highest BCUT2D eigenvalue weighted by atomic mass is 19.1. The van der Waals surface area contributed by atoms with Gasteiger partial charge in [0.2, 0.25) is 5.91 Å². The predicted molar refractivity (Wildman–Crippen MR) is 68.9 cm³/mol. The van der Waals surface area contributed by atoms with E-state index in [9.17, 15) is 19.4 Å². The fraction of sp³-hybridized carbons (Fsp3) is 0.357. The summed E-state index contributed by atoms with van der Waals surface area (Å²) in [6.07, 6.45) is 2.55. The molecule has 1 fully saturated rings. The van der Waals surface area contributed by atoms with E-state index in [-0.39, 0.29) is 17.6 Å². The monoisotopic (exact) mass is 265 g/mol. The number of aliphatic hydroxyl groups excluding tert-OH is 2. The second-order valence-electron chi connectivity index (χ2n) is 4.72. The lowest BCUT2D eigenvalue weighted by Gasteiger charge is -2.03. The highest BCUT2D eigenvalue weighted by molar-refractivity contribution is 5.99. The second-order valence-corrected chi connectivity index (χ2v) is 4.72. The normalized spacial score (nSPS) is 26.8. The number of aliphatic hydroxyl groups is 2. The smallest absolute Gasteiger partial charge is 0.248 e. The van der Waals surface area contributed by atoms with Gasteiger partial charge in [-0.1, -0.05) is 6.08 Å². The van der Waals surface area contributed by atoms with E-state index in [4.69, 9.17) is 0 Å².